The first-order valence-corrected chi connectivity index (χ1v) is 5.62. The van der Waals surface area contributed by atoms with Crippen LogP contribution < -0.4 is 0 Å². The fraction of sp³-hybridized carbons (Fsp3) is 0.400. The number of hydrogen-bond donors (Lipinski definition) is 0. The number of nitrogens with zero attached hydrogens (tertiary/aromatic N) is 1. The van der Waals surface area contributed by atoms with Crippen LogP contribution in [0.25, 0.3) is 0 Å². The van der Waals surface area contributed by atoms with Crippen LogP contribution in [0.3, 0.4) is 0 Å². The third-order valence-electron chi connectivity index (χ3n) is 2.30. The van der Waals surface area contributed by atoms with Crippen molar-refractivity contribution < 1.29 is 4.39 Å². The van der Waals surface area contributed by atoms with Gasteiger partial charge in [-0.3, -0.25) is 4.90 Å². The summed E-state index contributed by atoms with van der Waals surface area (Å²) in [6.45, 7) is 1.91. The zero-order chi connectivity index (χ0) is 10.1. The highest BCUT2D eigenvalue weighted by molar-refractivity contribution is 9.10. The fourth-order valence-corrected chi connectivity index (χ4v) is 2.08. The van der Waals surface area contributed by atoms with E-state index in [2.05, 4.69) is 20.8 Å². The largest absolute Gasteiger partial charge is 0.293 e. The van der Waals surface area contributed by atoms with Crippen LogP contribution in [0, 0.1) is 0 Å². The first-order chi connectivity index (χ1) is 6.65. The van der Waals surface area contributed by atoms with Crippen LogP contribution in [0.4, 0.5) is 4.39 Å². The molecule has 1 aliphatic rings. The Morgan fingerprint density at radius 1 is 1.50 bits per heavy atom. The van der Waals surface area contributed by atoms with E-state index in [-0.39, 0.29) is 0 Å². The molecule has 0 N–H and O–H groups in total. The summed E-state index contributed by atoms with van der Waals surface area (Å²) >= 11 is 9.23. The van der Waals surface area contributed by atoms with Gasteiger partial charge in [-0.05, 0) is 33.6 Å². The minimum Gasteiger partial charge on any atom is -0.293 e. The van der Waals surface area contributed by atoms with Crippen molar-refractivity contribution in [1.29, 1.82) is 0 Å². The number of likely N-dealkylation sites (tertiary alicyclic amines) is 1. The number of hydrogen-bond acceptors (Lipinski definition) is 1. The van der Waals surface area contributed by atoms with Crippen LogP contribution in [-0.2, 0) is 6.54 Å². The number of benzene rings is 1. The van der Waals surface area contributed by atoms with Gasteiger partial charge in [0.2, 0.25) is 0 Å². The third-order valence-corrected chi connectivity index (χ3v) is 3.52. The van der Waals surface area contributed by atoms with E-state index in [1.807, 2.05) is 18.2 Å². The molecule has 0 saturated carbocycles. The highest BCUT2D eigenvalue weighted by atomic mass is 79.9. The zero-order valence-corrected chi connectivity index (χ0v) is 9.85. The van der Waals surface area contributed by atoms with Gasteiger partial charge in [0, 0.05) is 24.1 Å². The van der Waals surface area contributed by atoms with E-state index in [0.29, 0.717) is 18.1 Å². The Hall–Kier alpha value is -0.120. The maximum atomic E-state index is 12.5. The molecule has 0 atom stereocenters. The van der Waals surface area contributed by atoms with Crippen molar-refractivity contribution >= 4 is 27.5 Å². The highest BCUT2D eigenvalue weighted by Crippen LogP contribution is 2.24. The Bertz CT molecular complexity index is 339. The Kier molecular flexibility index (Phi) is 3.10. The second-order valence-electron chi connectivity index (χ2n) is 3.54. The van der Waals surface area contributed by atoms with Gasteiger partial charge in [-0.25, -0.2) is 4.39 Å². The molecule has 0 aromatic heterocycles. The molecule has 76 valence electrons. The van der Waals surface area contributed by atoms with Gasteiger partial charge in [0.05, 0.1) is 5.02 Å². The summed E-state index contributed by atoms with van der Waals surface area (Å²) in [6.07, 6.45) is -0.634. The molecule has 0 spiro atoms. The summed E-state index contributed by atoms with van der Waals surface area (Å²) in [7, 11) is 0. The molecule has 0 radical (unpaired) electrons. The maximum Gasteiger partial charge on any atom is 0.125 e. The van der Waals surface area contributed by atoms with Gasteiger partial charge in [-0.15, -0.1) is 0 Å². The lowest BCUT2D eigenvalue weighted by Gasteiger charge is -2.34. The minimum absolute atomic E-state index is 0.556. The Balaban J connectivity index is 2.00. The average Bonchev–Trinajstić information content (AvgIpc) is 2.09. The SMILES string of the molecule is FC1CN(Cc2ccc(Cl)c(Br)c2)C1. The van der Waals surface area contributed by atoms with Gasteiger partial charge in [0.1, 0.15) is 6.17 Å². The van der Waals surface area contributed by atoms with Crippen LogP contribution in [-0.4, -0.2) is 24.2 Å². The summed E-state index contributed by atoms with van der Waals surface area (Å²) in [6, 6.07) is 5.81. The summed E-state index contributed by atoms with van der Waals surface area (Å²) in [5.41, 5.74) is 1.16. The van der Waals surface area contributed by atoms with Gasteiger partial charge >= 0.3 is 0 Å². The summed E-state index contributed by atoms with van der Waals surface area (Å²) in [5.74, 6) is 0. The van der Waals surface area contributed by atoms with Crippen LogP contribution >= 0.6 is 27.5 Å². The predicted molar refractivity (Wildman–Crippen MR) is 59.3 cm³/mol. The van der Waals surface area contributed by atoms with Gasteiger partial charge < -0.3 is 0 Å². The lowest BCUT2D eigenvalue weighted by Crippen LogP contribution is -2.47. The standard InChI is InChI=1S/C10H10BrClFN/c11-9-3-7(1-2-10(9)12)4-14-5-8(13)6-14/h1-3,8H,4-6H2. The molecule has 0 amide bonds. The fourth-order valence-electron chi connectivity index (χ4n) is 1.53. The first kappa shape index (κ1) is 10.4. The molecule has 1 nitrogen and oxygen atoms in total. The van der Waals surface area contributed by atoms with Crippen LogP contribution in [0.1, 0.15) is 5.56 Å². The van der Waals surface area contributed by atoms with E-state index in [9.17, 15) is 4.39 Å². The monoisotopic (exact) mass is 277 g/mol. The lowest BCUT2D eigenvalue weighted by atomic mass is 10.1. The number of alkyl halides is 1. The summed E-state index contributed by atoms with van der Waals surface area (Å²) in [4.78, 5) is 2.07. The Labute approximate surface area is 96.0 Å². The van der Waals surface area contributed by atoms with Gasteiger partial charge in [0.25, 0.3) is 0 Å². The van der Waals surface area contributed by atoms with E-state index < -0.39 is 6.17 Å². The van der Waals surface area contributed by atoms with Crippen molar-refractivity contribution in [1.82, 2.24) is 4.90 Å². The van der Waals surface area contributed by atoms with E-state index in [1.54, 1.807) is 0 Å². The van der Waals surface area contributed by atoms with Crippen molar-refractivity contribution in [3.05, 3.63) is 33.3 Å². The van der Waals surface area contributed by atoms with E-state index in [0.717, 1.165) is 16.6 Å². The molecule has 1 aromatic rings. The summed E-state index contributed by atoms with van der Waals surface area (Å²) < 4.78 is 13.4. The molecule has 1 aliphatic heterocycles. The second-order valence-corrected chi connectivity index (χ2v) is 4.80. The van der Waals surface area contributed by atoms with Crippen molar-refractivity contribution in [3.8, 4) is 0 Å². The predicted octanol–water partition coefficient (Wildman–Crippen LogP) is 3.26. The minimum atomic E-state index is -0.634. The molecule has 1 aromatic carbocycles. The van der Waals surface area contributed by atoms with Gasteiger partial charge in [0.15, 0.2) is 0 Å². The van der Waals surface area contributed by atoms with E-state index in [4.69, 9.17) is 11.6 Å². The molecule has 14 heavy (non-hydrogen) atoms. The zero-order valence-electron chi connectivity index (χ0n) is 7.51. The van der Waals surface area contributed by atoms with E-state index in [1.165, 1.54) is 0 Å². The first-order valence-electron chi connectivity index (χ1n) is 4.45. The quantitative estimate of drug-likeness (QED) is 0.803. The number of halogens is 3. The lowest BCUT2D eigenvalue weighted by molar-refractivity contribution is 0.0591. The van der Waals surface area contributed by atoms with Crippen molar-refractivity contribution in [3.63, 3.8) is 0 Å². The smallest absolute Gasteiger partial charge is 0.125 e. The van der Waals surface area contributed by atoms with Crippen molar-refractivity contribution in [2.24, 2.45) is 0 Å². The van der Waals surface area contributed by atoms with Crippen LogP contribution in [0.2, 0.25) is 5.02 Å². The molecule has 0 unspecified atom stereocenters. The number of rotatable bonds is 2. The van der Waals surface area contributed by atoms with Gasteiger partial charge in [-0.1, -0.05) is 17.7 Å². The molecular weight excluding hydrogens is 268 g/mol. The molecule has 1 fully saturated rings. The molecule has 2 rings (SSSR count). The molecule has 0 bridgehead atoms. The van der Waals surface area contributed by atoms with Gasteiger partial charge in [-0.2, -0.15) is 0 Å². The Morgan fingerprint density at radius 3 is 2.79 bits per heavy atom. The van der Waals surface area contributed by atoms with E-state index >= 15 is 0 Å². The second kappa shape index (κ2) is 4.17. The van der Waals surface area contributed by atoms with Crippen molar-refractivity contribution in [2.45, 2.75) is 12.7 Å². The molecule has 4 heteroatoms. The summed E-state index contributed by atoms with van der Waals surface area (Å²) in [5, 5.41) is 0.709. The topological polar surface area (TPSA) is 3.24 Å². The molecule has 0 aliphatic carbocycles. The highest BCUT2D eigenvalue weighted by Gasteiger charge is 2.25. The van der Waals surface area contributed by atoms with Crippen molar-refractivity contribution in [2.75, 3.05) is 13.1 Å². The maximum absolute atomic E-state index is 12.5. The average molecular weight is 279 g/mol. The molecule has 1 heterocycles. The Morgan fingerprint density at radius 2 is 2.21 bits per heavy atom. The molecule has 1 saturated heterocycles. The third kappa shape index (κ3) is 2.27. The molecular formula is C10H10BrClFN. The van der Waals surface area contributed by atoms with Crippen LogP contribution in [0.5, 0.6) is 0 Å². The normalized spacial score (nSPS) is 18.2. The van der Waals surface area contributed by atoms with Crippen LogP contribution in [0.15, 0.2) is 22.7 Å².